The van der Waals surface area contributed by atoms with Crippen LogP contribution in [-0.2, 0) is 6.54 Å². The highest BCUT2D eigenvalue weighted by Gasteiger charge is 2.09. The van der Waals surface area contributed by atoms with Crippen LogP contribution in [0.15, 0.2) is 79.3 Å². The molecule has 0 saturated carbocycles. The van der Waals surface area contributed by atoms with Crippen molar-refractivity contribution in [1.82, 2.24) is 14.9 Å². The van der Waals surface area contributed by atoms with Crippen molar-refractivity contribution in [3.05, 3.63) is 90.4 Å². The van der Waals surface area contributed by atoms with Gasteiger partial charge in [-0.1, -0.05) is 25.1 Å². The molecule has 2 heterocycles. The van der Waals surface area contributed by atoms with Crippen LogP contribution >= 0.6 is 0 Å². The molecule has 0 spiro atoms. The second kappa shape index (κ2) is 8.10. The highest BCUT2D eigenvalue weighted by Crippen LogP contribution is 2.26. The van der Waals surface area contributed by atoms with Gasteiger partial charge >= 0.3 is 0 Å². The number of hydrogen-bond acceptors (Lipinski definition) is 3. The van der Waals surface area contributed by atoms with Gasteiger partial charge in [-0.3, -0.25) is 19.1 Å². The molecule has 2 aromatic carbocycles. The van der Waals surface area contributed by atoms with Gasteiger partial charge in [0, 0.05) is 42.5 Å². The van der Waals surface area contributed by atoms with Crippen LogP contribution in [0.1, 0.15) is 34.1 Å². The zero-order valence-corrected chi connectivity index (χ0v) is 16.1. The van der Waals surface area contributed by atoms with Crippen LogP contribution in [-0.4, -0.2) is 21.4 Å². The number of nitrogens with zero attached hydrogens (tertiary/aromatic N) is 2. The minimum absolute atomic E-state index is 0.0786. The average Bonchev–Trinajstić information content (AvgIpc) is 3.21. The molecule has 0 saturated heterocycles. The fourth-order valence-electron chi connectivity index (χ4n) is 3.31. The molecule has 1 amide bonds. The van der Waals surface area contributed by atoms with Gasteiger partial charge in [0.2, 0.25) is 5.91 Å². The molecular weight excluding hydrogens is 362 g/mol. The lowest BCUT2D eigenvalue weighted by molar-refractivity contribution is 0.0912. The summed E-state index contributed by atoms with van der Waals surface area (Å²) < 4.78 is 1.69. The molecule has 144 valence electrons. The second-order valence-corrected chi connectivity index (χ2v) is 6.82. The van der Waals surface area contributed by atoms with Gasteiger partial charge in [0.1, 0.15) is 0 Å². The number of fused-ring (bicyclic) bond motifs is 1. The van der Waals surface area contributed by atoms with Crippen molar-refractivity contribution in [2.75, 3.05) is 0 Å². The maximum atomic E-state index is 12.4. The SMILES string of the molecule is CCC(=O)n1ccc2cc(-c3ccc(C(=O)NCc4ccncc4)cc3)ccc21. The van der Waals surface area contributed by atoms with Gasteiger partial charge < -0.3 is 5.32 Å². The summed E-state index contributed by atoms with van der Waals surface area (Å²) in [6.07, 6.45) is 5.70. The minimum Gasteiger partial charge on any atom is -0.348 e. The van der Waals surface area contributed by atoms with Gasteiger partial charge in [-0.05, 0) is 59.2 Å². The standard InChI is InChI=1S/C24H21N3O2/c1-2-23(28)27-14-11-21-15-20(7-8-22(21)27)18-3-5-19(6-4-18)24(29)26-16-17-9-12-25-13-10-17/h3-15H,2,16H2,1H3,(H,26,29). The fourth-order valence-corrected chi connectivity index (χ4v) is 3.31. The fraction of sp³-hybridized carbons (Fsp3) is 0.125. The molecule has 1 N–H and O–H groups in total. The molecule has 0 aliphatic heterocycles. The van der Waals surface area contributed by atoms with Crippen LogP contribution in [0.2, 0.25) is 0 Å². The molecule has 0 bridgehead atoms. The highest BCUT2D eigenvalue weighted by molar-refractivity contribution is 5.96. The monoisotopic (exact) mass is 383 g/mol. The molecule has 0 fully saturated rings. The Morgan fingerprint density at radius 3 is 2.38 bits per heavy atom. The van der Waals surface area contributed by atoms with Crippen molar-refractivity contribution in [2.24, 2.45) is 0 Å². The van der Waals surface area contributed by atoms with Crippen molar-refractivity contribution in [2.45, 2.75) is 19.9 Å². The Bertz CT molecular complexity index is 1160. The van der Waals surface area contributed by atoms with E-state index in [1.807, 2.05) is 67.7 Å². The third-order valence-corrected chi connectivity index (χ3v) is 4.94. The summed E-state index contributed by atoms with van der Waals surface area (Å²) in [6, 6.07) is 19.3. The van der Waals surface area contributed by atoms with Gasteiger partial charge in [0.05, 0.1) is 5.52 Å². The summed E-state index contributed by atoms with van der Waals surface area (Å²) in [6.45, 7) is 2.32. The Labute approximate surface area is 169 Å². The molecule has 0 radical (unpaired) electrons. The number of amides is 1. The number of nitrogens with one attached hydrogen (secondary N) is 1. The summed E-state index contributed by atoms with van der Waals surface area (Å²) in [4.78, 5) is 28.4. The molecule has 29 heavy (non-hydrogen) atoms. The lowest BCUT2D eigenvalue weighted by atomic mass is 10.0. The van der Waals surface area contributed by atoms with Crippen LogP contribution in [0, 0.1) is 0 Å². The first-order valence-electron chi connectivity index (χ1n) is 9.57. The second-order valence-electron chi connectivity index (χ2n) is 6.82. The lowest BCUT2D eigenvalue weighted by Gasteiger charge is -2.07. The van der Waals surface area contributed by atoms with Gasteiger partial charge in [0.15, 0.2) is 0 Å². The first-order valence-corrected chi connectivity index (χ1v) is 9.57. The van der Waals surface area contributed by atoms with E-state index in [0.717, 1.165) is 27.6 Å². The minimum atomic E-state index is -0.112. The normalized spacial score (nSPS) is 10.8. The van der Waals surface area contributed by atoms with E-state index in [2.05, 4.69) is 16.4 Å². The van der Waals surface area contributed by atoms with E-state index >= 15 is 0 Å². The van der Waals surface area contributed by atoms with E-state index in [9.17, 15) is 9.59 Å². The first kappa shape index (κ1) is 18.6. The van der Waals surface area contributed by atoms with Crippen LogP contribution in [0.4, 0.5) is 0 Å². The predicted molar refractivity (Wildman–Crippen MR) is 114 cm³/mol. The Hall–Kier alpha value is -3.73. The summed E-state index contributed by atoms with van der Waals surface area (Å²) >= 11 is 0. The molecule has 0 atom stereocenters. The number of aromatic nitrogens is 2. The molecule has 5 heteroatoms. The summed E-state index contributed by atoms with van der Waals surface area (Å²) in [5.41, 5.74) is 4.60. The average molecular weight is 383 g/mol. The van der Waals surface area contributed by atoms with Crippen molar-refractivity contribution in [1.29, 1.82) is 0 Å². The zero-order valence-electron chi connectivity index (χ0n) is 16.1. The maximum Gasteiger partial charge on any atom is 0.251 e. The number of carbonyl (C=O) groups excluding carboxylic acids is 2. The molecule has 0 aliphatic rings. The molecule has 2 aromatic heterocycles. The quantitative estimate of drug-likeness (QED) is 0.544. The van der Waals surface area contributed by atoms with Gasteiger partial charge in [0.25, 0.3) is 5.91 Å². The van der Waals surface area contributed by atoms with Gasteiger partial charge in [-0.25, -0.2) is 0 Å². The molecular formula is C24H21N3O2. The number of rotatable bonds is 5. The smallest absolute Gasteiger partial charge is 0.251 e. The summed E-state index contributed by atoms with van der Waals surface area (Å²) in [7, 11) is 0. The highest BCUT2D eigenvalue weighted by atomic mass is 16.2. The van der Waals surface area contributed by atoms with Gasteiger partial charge in [-0.15, -0.1) is 0 Å². The van der Waals surface area contributed by atoms with Crippen molar-refractivity contribution >= 4 is 22.7 Å². The van der Waals surface area contributed by atoms with Crippen molar-refractivity contribution < 1.29 is 9.59 Å². The molecule has 0 aliphatic carbocycles. The lowest BCUT2D eigenvalue weighted by Crippen LogP contribution is -2.22. The topological polar surface area (TPSA) is 64.0 Å². The molecule has 0 unspecified atom stereocenters. The van der Waals surface area contributed by atoms with E-state index < -0.39 is 0 Å². The number of hydrogen-bond donors (Lipinski definition) is 1. The van der Waals surface area contributed by atoms with Crippen molar-refractivity contribution in [3.63, 3.8) is 0 Å². The third-order valence-electron chi connectivity index (χ3n) is 4.94. The maximum absolute atomic E-state index is 12.4. The van der Waals surface area contributed by atoms with E-state index in [-0.39, 0.29) is 11.8 Å². The summed E-state index contributed by atoms with van der Waals surface area (Å²) in [5, 5.41) is 3.93. The van der Waals surface area contributed by atoms with E-state index in [0.29, 0.717) is 18.5 Å². The van der Waals surface area contributed by atoms with E-state index in [1.165, 1.54) is 0 Å². The van der Waals surface area contributed by atoms with Crippen molar-refractivity contribution in [3.8, 4) is 11.1 Å². The molecule has 5 nitrogen and oxygen atoms in total. The first-order chi connectivity index (χ1) is 14.2. The third kappa shape index (κ3) is 3.94. The molecule has 4 aromatic rings. The number of pyridine rings is 1. The number of carbonyl (C=O) groups is 2. The molecule has 4 rings (SSSR count). The Morgan fingerprint density at radius 2 is 1.66 bits per heavy atom. The zero-order chi connectivity index (χ0) is 20.2. The Balaban J connectivity index is 1.50. The Morgan fingerprint density at radius 1 is 0.931 bits per heavy atom. The van der Waals surface area contributed by atoms with Gasteiger partial charge in [-0.2, -0.15) is 0 Å². The van der Waals surface area contributed by atoms with E-state index in [1.54, 1.807) is 17.0 Å². The number of benzene rings is 2. The van der Waals surface area contributed by atoms with Crippen LogP contribution < -0.4 is 5.32 Å². The summed E-state index contributed by atoms with van der Waals surface area (Å²) in [5.74, 6) is -0.0335. The Kier molecular flexibility index (Phi) is 5.20. The van der Waals surface area contributed by atoms with Crippen LogP contribution in [0.5, 0.6) is 0 Å². The largest absolute Gasteiger partial charge is 0.348 e. The predicted octanol–water partition coefficient (Wildman–Crippen LogP) is 4.68. The van der Waals surface area contributed by atoms with Crippen LogP contribution in [0.3, 0.4) is 0 Å². The van der Waals surface area contributed by atoms with E-state index in [4.69, 9.17) is 0 Å². The van der Waals surface area contributed by atoms with Crippen LogP contribution in [0.25, 0.3) is 22.0 Å².